The van der Waals surface area contributed by atoms with Gasteiger partial charge in [0.1, 0.15) is 17.0 Å². The van der Waals surface area contributed by atoms with Gasteiger partial charge in [0, 0.05) is 11.3 Å². The SMILES string of the molecule is N#Cc1cc2c(s1)CN(C1CCC(=O)NC1=O)C2=O. The molecule has 3 rings (SSSR count). The van der Waals surface area contributed by atoms with Gasteiger partial charge in [-0.2, -0.15) is 5.26 Å². The van der Waals surface area contributed by atoms with Gasteiger partial charge in [0.2, 0.25) is 11.8 Å². The second kappa shape index (κ2) is 4.17. The van der Waals surface area contributed by atoms with E-state index in [9.17, 15) is 14.4 Å². The molecule has 1 aromatic heterocycles. The summed E-state index contributed by atoms with van der Waals surface area (Å²) >= 11 is 1.27. The molecule has 1 unspecified atom stereocenters. The molecule has 0 aromatic carbocycles. The first-order valence-corrected chi connectivity index (χ1v) is 6.59. The standard InChI is InChI=1S/C12H9N3O3S/c13-4-6-3-7-9(19-6)5-15(12(7)18)8-1-2-10(16)14-11(8)17/h3,8H,1-2,5H2,(H,14,16,17). The predicted octanol–water partition coefficient (Wildman–Crippen LogP) is 0.381. The van der Waals surface area contributed by atoms with Gasteiger partial charge < -0.3 is 4.90 Å². The van der Waals surface area contributed by atoms with Gasteiger partial charge >= 0.3 is 0 Å². The van der Waals surface area contributed by atoms with Gasteiger partial charge in [-0.3, -0.25) is 19.7 Å². The molecule has 0 aliphatic carbocycles. The van der Waals surface area contributed by atoms with Crippen LogP contribution >= 0.6 is 11.3 Å². The molecule has 1 atom stereocenters. The molecule has 3 amide bonds. The Hall–Kier alpha value is -2.20. The van der Waals surface area contributed by atoms with Crippen LogP contribution in [0.5, 0.6) is 0 Å². The topological polar surface area (TPSA) is 90.3 Å². The number of imide groups is 1. The smallest absolute Gasteiger partial charge is 0.256 e. The fourth-order valence-electron chi connectivity index (χ4n) is 2.39. The summed E-state index contributed by atoms with van der Waals surface area (Å²) in [5, 5.41) is 11.0. The Morgan fingerprint density at radius 1 is 1.42 bits per heavy atom. The van der Waals surface area contributed by atoms with Crippen molar-refractivity contribution in [2.45, 2.75) is 25.4 Å². The third-order valence-corrected chi connectivity index (χ3v) is 4.34. The van der Waals surface area contributed by atoms with E-state index in [0.29, 0.717) is 23.4 Å². The summed E-state index contributed by atoms with van der Waals surface area (Å²) in [6.07, 6.45) is 0.605. The van der Waals surface area contributed by atoms with Crippen molar-refractivity contribution >= 4 is 29.1 Å². The Kier molecular flexibility index (Phi) is 2.61. The summed E-state index contributed by atoms with van der Waals surface area (Å²) in [7, 11) is 0. The van der Waals surface area contributed by atoms with Crippen molar-refractivity contribution in [1.29, 1.82) is 5.26 Å². The third-order valence-electron chi connectivity index (χ3n) is 3.31. The monoisotopic (exact) mass is 275 g/mol. The Bertz CT molecular complexity index is 643. The number of hydrogen-bond acceptors (Lipinski definition) is 5. The summed E-state index contributed by atoms with van der Waals surface area (Å²) in [5.74, 6) is -0.947. The molecular formula is C12H9N3O3S. The van der Waals surface area contributed by atoms with E-state index in [1.165, 1.54) is 16.2 Å². The van der Waals surface area contributed by atoms with Crippen molar-refractivity contribution in [2.75, 3.05) is 0 Å². The molecule has 19 heavy (non-hydrogen) atoms. The van der Waals surface area contributed by atoms with Crippen LogP contribution in [0.1, 0.15) is 33.0 Å². The number of piperidine rings is 1. The van der Waals surface area contributed by atoms with Gasteiger partial charge in [-0.1, -0.05) is 0 Å². The summed E-state index contributed by atoms with van der Waals surface area (Å²) < 4.78 is 0. The van der Waals surface area contributed by atoms with Gasteiger partial charge in [-0.25, -0.2) is 0 Å². The number of hydrogen-bond donors (Lipinski definition) is 1. The maximum atomic E-state index is 12.2. The molecule has 2 aliphatic rings. The molecule has 1 aromatic rings. The van der Waals surface area contributed by atoms with E-state index in [4.69, 9.17) is 5.26 Å². The van der Waals surface area contributed by atoms with Crippen LogP contribution in [-0.2, 0) is 16.1 Å². The van der Waals surface area contributed by atoms with Gasteiger partial charge in [-0.15, -0.1) is 11.3 Å². The van der Waals surface area contributed by atoms with Crippen LogP contribution in [0.15, 0.2) is 6.07 Å². The summed E-state index contributed by atoms with van der Waals surface area (Å²) in [4.78, 5) is 37.9. The Morgan fingerprint density at radius 3 is 2.84 bits per heavy atom. The third kappa shape index (κ3) is 1.81. The van der Waals surface area contributed by atoms with E-state index in [1.54, 1.807) is 6.07 Å². The van der Waals surface area contributed by atoms with Gasteiger partial charge in [0.15, 0.2) is 0 Å². The zero-order valence-corrected chi connectivity index (χ0v) is 10.6. The molecule has 0 spiro atoms. The number of carbonyl (C=O) groups is 3. The molecule has 1 saturated heterocycles. The highest BCUT2D eigenvalue weighted by atomic mass is 32.1. The minimum absolute atomic E-state index is 0.234. The van der Waals surface area contributed by atoms with Crippen molar-refractivity contribution in [3.63, 3.8) is 0 Å². The van der Waals surface area contributed by atoms with E-state index in [2.05, 4.69) is 5.32 Å². The van der Waals surface area contributed by atoms with Crippen molar-refractivity contribution in [2.24, 2.45) is 0 Å². The summed E-state index contributed by atoms with van der Waals surface area (Å²) in [5.41, 5.74) is 0.506. The highest BCUT2D eigenvalue weighted by Gasteiger charge is 2.40. The van der Waals surface area contributed by atoms with Crippen LogP contribution in [0, 0.1) is 11.3 Å². The zero-order valence-electron chi connectivity index (χ0n) is 9.80. The van der Waals surface area contributed by atoms with Gasteiger partial charge in [-0.05, 0) is 12.5 Å². The lowest BCUT2D eigenvalue weighted by atomic mass is 10.0. The van der Waals surface area contributed by atoms with Gasteiger partial charge in [0.05, 0.1) is 12.1 Å². The van der Waals surface area contributed by atoms with Crippen LogP contribution in [0.2, 0.25) is 0 Å². The Balaban J connectivity index is 1.84. The molecule has 1 fully saturated rings. The normalized spacial score (nSPS) is 22.2. The fourth-order valence-corrected chi connectivity index (χ4v) is 3.34. The number of fused-ring (bicyclic) bond motifs is 1. The lowest BCUT2D eigenvalue weighted by Gasteiger charge is -2.29. The largest absolute Gasteiger partial charge is 0.321 e. The summed E-state index contributed by atoms with van der Waals surface area (Å²) in [6, 6.07) is 2.99. The Labute approximate surface area is 112 Å². The number of nitrogens with one attached hydrogen (secondary N) is 1. The number of rotatable bonds is 1. The van der Waals surface area contributed by atoms with Crippen molar-refractivity contribution in [3.05, 3.63) is 21.4 Å². The number of carbonyl (C=O) groups excluding carboxylic acids is 3. The van der Waals surface area contributed by atoms with Crippen LogP contribution in [-0.4, -0.2) is 28.7 Å². The number of thiophene rings is 1. The first-order chi connectivity index (χ1) is 9.10. The molecule has 0 bridgehead atoms. The lowest BCUT2D eigenvalue weighted by molar-refractivity contribution is -0.136. The predicted molar refractivity (Wildman–Crippen MR) is 65.1 cm³/mol. The van der Waals surface area contributed by atoms with Crippen molar-refractivity contribution in [1.82, 2.24) is 10.2 Å². The number of nitrogens with zero attached hydrogens (tertiary/aromatic N) is 2. The molecule has 1 N–H and O–H groups in total. The minimum Gasteiger partial charge on any atom is -0.321 e. The molecular weight excluding hydrogens is 266 g/mol. The molecule has 6 nitrogen and oxygen atoms in total. The zero-order chi connectivity index (χ0) is 13.6. The molecule has 0 saturated carbocycles. The van der Waals surface area contributed by atoms with Crippen LogP contribution in [0.4, 0.5) is 0 Å². The fraction of sp³-hybridized carbons (Fsp3) is 0.333. The average molecular weight is 275 g/mol. The molecule has 2 aliphatic heterocycles. The molecule has 7 heteroatoms. The summed E-state index contributed by atoms with van der Waals surface area (Å²) in [6.45, 7) is 0.340. The van der Waals surface area contributed by atoms with E-state index >= 15 is 0 Å². The van der Waals surface area contributed by atoms with E-state index in [-0.39, 0.29) is 18.2 Å². The quantitative estimate of drug-likeness (QED) is 0.750. The number of amides is 3. The lowest BCUT2D eigenvalue weighted by Crippen LogP contribution is -2.52. The highest BCUT2D eigenvalue weighted by molar-refractivity contribution is 7.13. The first-order valence-electron chi connectivity index (χ1n) is 5.77. The molecule has 96 valence electrons. The maximum absolute atomic E-state index is 12.2. The van der Waals surface area contributed by atoms with E-state index in [1.807, 2.05) is 6.07 Å². The van der Waals surface area contributed by atoms with Gasteiger partial charge in [0.25, 0.3) is 5.91 Å². The Morgan fingerprint density at radius 2 is 2.21 bits per heavy atom. The molecule has 0 radical (unpaired) electrons. The molecule has 3 heterocycles. The average Bonchev–Trinajstić information content (AvgIpc) is 2.90. The van der Waals surface area contributed by atoms with E-state index < -0.39 is 11.9 Å². The first kappa shape index (κ1) is 11.9. The second-order valence-electron chi connectivity index (χ2n) is 4.46. The van der Waals surface area contributed by atoms with Crippen LogP contribution in [0.25, 0.3) is 0 Å². The minimum atomic E-state index is -0.588. The van der Waals surface area contributed by atoms with E-state index in [0.717, 1.165) is 4.88 Å². The van der Waals surface area contributed by atoms with Crippen molar-refractivity contribution in [3.8, 4) is 6.07 Å². The highest BCUT2D eigenvalue weighted by Crippen LogP contribution is 2.33. The van der Waals surface area contributed by atoms with Crippen molar-refractivity contribution < 1.29 is 14.4 Å². The van der Waals surface area contributed by atoms with Crippen LogP contribution in [0.3, 0.4) is 0 Å². The second-order valence-corrected chi connectivity index (χ2v) is 5.60. The van der Waals surface area contributed by atoms with Crippen LogP contribution < -0.4 is 5.32 Å². The maximum Gasteiger partial charge on any atom is 0.256 e. The number of nitriles is 1.